The molecule has 5 heterocycles. The maximum atomic E-state index is 13.4. The second-order valence-electron chi connectivity index (χ2n) is 9.39. The van der Waals surface area contributed by atoms with Crippen molar-refractivity contribution in [3.05, 3.63) is 34.6 Å². The van der Waals surface area contributed by atoms with Crippen molar-refractivity contribution >= 4 is 33.3 Å². The van der Waals surface area contributed by atoms with Crippen LogP contribution in [-0.4, -0.2) is 60.3 Å². The minimum atomic E-state index is -0.120. The molecule has 6 rings (SSSR count). The molecule has 3 fully saturated rings. The molecule has 0 radical (unpaired) electrons. The molecule has 2 atom stereocenters. The average molecular weight is 452 g/mol. The largest absolute Gasteiger partial charge is 0.365 e. The number of aromatic nitrogens is 3. The summed E-state index contributed by atoms with van der Waals surface area (Å²) in [7, 11) is 0. The quantitative estimate of drug-likeness (QED) is 0.484. The highest BCUT2D eigenvalue weighted by Gasteiger charge is 2.41. The Hall–Kier alpha value is -2.49. The Morgan fingerprint density at radius 3 is 2.91 bits per heavy atom. The van der Waals surface area contributed by atoms with Crippen LogP contribution in [-0.2, 0) is 0 Å². The van der Waals surface area contributed by atoms with E-state index in [1.54, 1.807) is 11.3 Å². The second-order valence-corrected chi connectivity index (χ2v) is 10.4. The smallest absolute Gasteiger partial charge is 0.264 e. The number of piperidine rings is 1. The maximum absolute atomic E-state index is 13.4. The summed E-state index contributed by atoms with van der Waals surface area (Å²) in [6.45, 7) is 5.91. The maximum Gasteiger partial charge on any atom is 0.264 e. The summed E-state index contributed by atoms with van der Waals surface area (Å²) in [4.78, 5) is 28.5. The summed E-state index contributed by atoms with van der Waals surface area (Å²) in [6.07, 6.45) is 4.51. The molecule has 3 aromatic rings. The molecule has 3 aliphatic rings. The SMILES string of the molecule is O=c1[nH]c(N2CCC3(CCNC3)C2)nc(NC2CCCNC2)c1-c1nc2ccccc2s1. The molecular formula is C23H29N7OS. The zero-order chi connectivity index (χ0) is 21.5. The minimum absolute atomic E-state index is 0.120. The molecule has 3 saturated heterocycles. The number of benzene rings is 1. The number of hydrogen-bond donors (Lipinski definition) is 4. The number of rotatable bonds is 4. The number of para-hydroxylation sites is 1. The Labute approximate surface area is 190 Å². The predicted octanol–water partition coefficient (Wildman–Crippen LogP) is 2.40. The topological polar surface area (TPSA) is 98.0 Å². The van der Waals surface area contributed by atoms with E-state index >= 15 is 0 Å². The first-order valence-electron chi connectivity index (χ1n) is 11.6. The summed E-state index contributed by atoms with van der Waals surface area (Å²) in [5, 5.41) is 11.3. The second kappa shape index (κ2) is 8.13. The Morgan fingerprint density at radius 2 is 2.09 bits per heavy atom. The monoisotopic (exact) mass is 451 g/mol. The molecule has 0 bridgehead atoms. The third-order valence-corrected chi connectivity index (χ3v) is 8.18. The third-order valence-electron chi connectivity index (χ3n) is 7.12. The van der Waals surface area contributed by atoms with Crippen molar-refractivity contribution in [2.45, 2.75) is 31.7 Å². The van der Waals surface area contributed by atoms with Crippen LogP contribution in [0.4, 0.5) is 11.8 Å². The predicted molar refractivity (Wildman–Crippen MR) is 130 cm³/mol. The van der Waals surface area contributed by atoms with E-state index in [4.69, 9.17) is 9.97 Å². The summed E-state index contributed by atoms with van der Waals surface area (Å²) < 4.78 is 1.08. The van der Waals surface area contributed by atoms with Crippen LogP contribution >= 0.6 is 11.3 Å². The molecule has 8 nitrogen and oxygen atoms in total. The molecule has 1 aromatic carbocycles. The Kier molecular flexibility index (Phi) is 5.12. The fraction of sp³-hybridized carbons (Fsp3) is 0.522. The van der Waals surface area contributed by atoms with E-state index in [-0.39, 0.29) is 11.6 Å². The van der Waals surface area contributed by atoms with Gasteiger partial charge in [-0.15, -0.1) is 11.3 Å². The summed E-state index contributed by atoms with van der Waals surface area (Å²) in [6, 6.07) is 8.27. The third kappa shape index (κ3) is 3.68. The van der Waals surface area contributed by atoms with Crippen LogP contribution in [0.3, 0.4) is 0 Å². The van der Waals surface area contributed by atoms with Gasteiger partial charge < -0.3 is 20.9 Å². The lowest BCUT2D eigenvalue weighted by Crippen LogP contribution is -2.39. The first-order chi connectivity index (χ1) is 15.7. The summed E-state index contributed by atoms with van der Waals surface area (Å²) >= 11 is 1.55. The molecule has 2 unspecified atom stereocenters. The Morgan fingerprint density at radius 1 is 1.16 bits per heavy atom. The highest BCUT2D eigenvalue weighted by molar-refractivity contribution is 7.21. The van der Waals surface area contributed by atoms with Gasteiger partial charge in [0.15, 0.2) is 0 Å². The van der Waals surface area contributed by atoms with Crippen molar-refractivity contribution in [2.24, 2.45) is 5.41 Å². The van der Waals surface area contributed by atoms with Crippen molar-refractivity contribution in [3.63, 3.8) is 0 Å². The van der Waals surface area contributed by atoms with E-state index in [2.05, 4.69) is 25.8 Å². The lowest BCUT2D eigenvalue weighted by Gasteiger charge is -2.26. The van der Waals surface area contributed by atoms with Gasteiger partial charge in [-0.1, -0.05) is 12.1 Å². The number of H-pyrrole nitrogens is 1. The van der Waals surface area contributed by atoms with E-state index in [1.807, 2.05) is 24.3 Å². The molecule has 0 amide bonds. The van der Waals surface area contributed by atoms with Gasteiger partial charge in [-0.3, -0.25) is 9.78 Å². The number of fused-ring (bicyclic) bond motifs is 1. The van der Waals surface area contributed by atoms with Crippen LogP contribution in [0.1, 0.15) is 25.7 Å². The van der Waals surface area contributed by atoms with Crippen molar-refractivity contribution < 1.29 is 0 Å². The van der Waals surface area contributed by atoms with E-state index < -0.39 is 0 Å². The van der Waals surface area contributed by atoms with Gasteiger partial charge in [0.1, 0.15) is 16.4 Å². The van der Waals surface area contributed by atoms with Crippen LogP contribution in [0.2, 0.25) is 0 Å². The molecule has 168 valence electrons. The van der Waals surface area contributed by atoms with Gasteiger partial charge in [0.05, 0.1) is 10.2 Å². The fourth-order valence-corrected chi connectivity index (χ4v) is 6.33. The molecule has 2 aromatic heterocycles. The molecule has 1 spiro atoms. The zero-order valence-electron chi connectivity index (χ0n) is 18.1. The highest BCUT2D eigenvalue weighted by Crippen LogP contribution is 2.38. The van der Waals surface area contributed by atoms with Gasteiger partial charge in [0.2, 0.25) is 5.95 Å². The van der Waals surface area contributed by atoms with E-state index in [0.29, 0.717) is 22.7 Å². The van der Waals surface area contributed by atoms with Gasteiger partial charge in [0, 0.05) is 37.6 Å². The Bertz CT molecular complexity index is 1140. The number of thiazole rings is 1. The lowest BCUT2D eigenvalue weighted by molar-refractivity contribution is 0.369. The van der Waals surface area contributed by atoms with Gasteiger partial charge >= 0.3 is 0 Å². The van der Waals surface area contributed by atoms with Gasteiger partial charge in [-0.2, -0.15) is 4.98 Å². The van der Waals surface area contributed by atoms with Crippen LogP contribution in [0.15, 0.2) is 29.1 Å². The standard InChI is InChI=1S/C23H29N7OS/c31-20-18(21-27-16-5-1-2-6-17(16)32-21)19(26-15-4-3-9-24-12-15)28-22(29-20)30-11-8-23(14-30)7-10-25-13-23/h1-2,5-6,15,24-25H,3-4,7-14H2,(H2,26,28,29,31). The molecular weight excluding hydrogens is 422 g/mol. The van der Waals surface area contributed by atoms with Crippen molar-refractivity contribution in [1.29, 1.82) is 0 Å². The number of hydrogen-bond acceptors (Lipinski definition) is 8. The molecule has 9 heteroatoms. The summed E-state index contributed by atoms with van der Waals surface area (Å²) in [5.41, 5.74) is 1.66. The first-order valence-corrected chi connectivity index (χ1v) is 12.4. The molecule has 3 aliphatic heterocycles. The van der Waals surface area contributed by atoms with Gasteiger partial charge in [0.25, 0.3) is 5.56 Å². The van der Waals surface area contributed by atoms with Crippen molar-refractivity contribution in [3.8, 4) is 10.6 Å². The number of nitrogens with one attached hydrogen (secondary N) is 4. The van der Waals surface area contributed by atoms with Crippen molar-refractivity contribution in [2.75, 3.05) is 49.5 Å². The van der Waals surface area contributed by atoms with E-state index in [9.17, 15) is 4.79 Å². The minimum Gasteiger partial charge on any atom is -0.365 e. The highest BCUT2D eigenvalue weighted by atomic mass is 32.1. The lowest BCUT2D eigenvalue weighted by atomic mass is 9.87. The van der Waals surface area contributed by atoms with Crippen molar-refractivity contribution in [1.82, 2.24) is 25.6 Å². The van der Waals surface area contributed by atoms with Crippen LogP contribution in [0.5, 0.6) is 0 Å². The van der Waals surface area contributed by atoms with E-state index in [0.717, 1.165) is 73.8 Å². The van der Waals surface area contributed by atoms with Gasteiger partial charge in [-0.25, -0.2) is 4.98 Å². The van der Waals surface area contributed by atoms with Crippen LogP contribution in [0.25, 0.3) is 20.8 Å². The van der Waals surface area contributed by atoms with Gasteiger partial charge in [-0.05, 0) is 50.9 Å². The Balaban J connectivity index is 1.39. The van der Waals surface area contributed by atoms with Crippen LogP contribution in [0, 0.1) is 5.41 Å². The molecule has 4 N–H and O–H groups in total. The summed E-state index contributed by atoms with van der Waals surface area (Å²) in [5.74, 6) is 1.33. The average Bonchev–Trinajstić information content (AvgIpc) is 3.55. The molecule has 32 heavy (non-hydrogen) atoms. The molecule has 0 saturated carbocycles. The fourth-order valence-electron chi connectivity index (χ4n) is 5.32. The number of nitrogens with zero attached hydrogens (tertiary/aromatic N) is 3. The number of aromatic amines is 1. The van der Waals surface area contributed by atoms with E-state index in [1.165, 1.54) is 6.42 Å². The first kappa shape index (κ1) is 20.1. The zero-order valence-corrected chi connectivity index (χ0v) is 18.9. The molecule has 0 aliphatic carbocycles. The van der Waals surface area contributed by atoms with Crippen LogP contribution < -0.4 is 26.4 Å². The number of anilines is 2. The normalized spacial score (nSPS) is 25.8.